The number of nitrogens with one attached hydrogen (secondary N) is 1. The second-order valence-electron chi connectivity index (χ2n) is 7.28. The predicted molar refractivity (Wildman–Crippen MR) is 75.9 cm³/mol. The van der Waals surface area contributed by atoms with Crippen LogP contribution in [0.5, 0.6) is 0 Å². The molecule has 19 heavy (non-hydrogen) atoms. The third-order valence-electron chi connectivity index (χ3n) is 4.55. The molecule has 0 spiro atoms. The lowest BCUT2D eigenvalue weighted by Crippen LogP contribution is -2.54. The zero-order valence-corrected chi connectivity index (χ0v) is 12.5. The van der Waals surface area contributed by atoms with Crippen molar-refractivity contribution in [2.45, 2.75) is 82.9 Å². The van der Waals surface area contributed by atoms with Crippen molar-refractivity contribution in [3.05, 3.63) is 0 Å². The number of amides is 1. The summed E-state index contributed by atoms with van der Waals surface area (Å²) < 4.78 is 5.29. The maximum absolute atomic E-state index is 11.7. The molecule has 0 aromatic rings. The van der Waals surface area contributed by atoms with Gasteiger partial charge in [-0.25, -0.2) is 4.79 Å². The molecule has 110 valence electrons. The van der Waals surface area contributed by atoms with Gasteiger partial charge in [0.05, 0.1) is 0 Å². The van der Waals surface area contributed by atoms with Gasteiger partial charge >= 0.3 is 6.09 Å². The van der Waals surface area contributed by atoms with E-state index in [1.807, 2.05) is 20.8 Å². The summed E-state index contributed by atoms with van der Waals surface area (Å²) in [6.07, 6.45) is 7.69. The van der Waals surface area contributed by atoms with Crippen molar-refractivity contribution in [1.29, 1.82) is 0 Å². The van der Waals surface area contributed by atoms with Gasteiger partial charge in [-0.1, -0.05) is 0 Å². The Labute approximate surface area is 116 Å². The van der Waals surface area contributed by atoms with E-state index in [1.54, 1.807) is 0 Å². The monoisotopic (exact) mass is 268 g/mol. The van der Waals surface area contributed by atoms with E-state index in [4.69, 9.17) is 10.5 Å². The molecule has 0 heterocycles. The van der Waals surface area contributed by atoms with Crippen molar-refractivity contribution in [3.8, 4) is 0 Å². The first-order valence-corrected chi connectivity index (χ1v) is 7.57. The summed E-state index contributed by atoms with van der Waals surface area (Å²) in [4.78, 5) is 11.7. The lowest BCUT2D eigenvalue weighted by Gasteiger charge is -2.47. The van der Waals surface area contributed by atoms with Gasteiger partial charge in [-0.2, -0.15) is 0 Å². The molecule has 2 aliphatic carbocycles. The van der Waals surface area contributed by atoms with Crippen molar-refractivity contribution in [3.63, 3.8) is 0 Å². The molecule has 4 heteroatoms. The Morgan fingerprint density at radius 3 is 2.21 bits per heavy atom. The number of carbonyl (C=O) groups is 1. The minimum atomic E-state index is -0.422. The highest BCUT2D eigenvalue weighted by molar-refractivity contribution is 5.68. The van der Waals surface area contributed by atoms with Crippen LogP contribution in [0.3, 0.4) is 0 Å². The van der Waals surface area contributed by atoms with E-state index < -0.39 is 5.60 Å². The van der Waals surface area contributed by atoms with Gasteiger partial charge in [-0.05, 0) is 71.6 Å². The van der Waals surface area contributed by atoms with Gasteiger partial charge in [0.1, 0.15) is 5.60 Å². The SMILES string of the molecule is CC(C)(C)OC(=O)NC1CCC(C2(N)CCC2)CC1. The van der Waals surface area contributed by atoms with Gasteiger partial charge in [-0.3, -0.25) is 0 Å². The fourth-order valence-electron chi connectivity index (χ4n) is 3.28. The number of hydrogen-bond donors (Lipinski definition) is 2. The summed E-state index contributed by atoms with van der Waals surface area (Å²) in [5, 5.41) is 2.98. The van der Waals surface area contributed by atoms with E-state index in [0.717, 1.165) is 25.7 Å². The Balaban J connectivity index is 1.73. The largest absolute Gasteiger partial charge is 0.444 e. The predicted octanol–water partition coefficient (Wildman–Crippen LogP) is 2.95. The first kappa shape index (κ1) is 14.6. The van der Waals surface area contributed by atoms with Gasteiger partial charge in [-0.15, -0.1) is 0 Å². The van der Waals surface area contributed by atoms with Crippen molar-refractivity contribution in [2.75, 3.05) is 0 Å². The summed E-state index contributed by atoms with van der Waals surface area (Å²) >= 11 is 0. The van der Waals surface area contributed by atoms with E-state index in [9.17, 15) is 4.79 Å². The zero-order chi connectivity index (χ0) is 14.1. The van der Waals surface area contributed by atoms with Crippen LogP contribution in [0, 0.1) is 5.92 Å². The van der Waals surface area contributed by atoms with Crippen LogP contribution in [-0.2, 0) is 4.74 Å². The Kier molecular flexibility index (Phi) is 4.09. The summed E-state index contributed by atoms with van der Waals surface area (Å²) in [5.41, 5.74) is 6.08. The standard InChI is InChI=1S/C15H28N2O2/c1-14(2,3)19-13(18)17-12-7-5-11(6-8-12)15(16)9-4-10-15/h11-12H,4-10,16H2,1-3H3,(H,17,18). The maximum atomic E-state index is 11.7. The quantitative estimate of drug-likeness (QED) is 0.809. The third-order valence-corrected chi connectivity index (χ3v) is 4.55. The highest BCUT2D eigenvalue weighted by Crippen LogP contribution is 2.42. The smallest absolute Gasteiger partial charge is 0.407 e. The van der Waals surface area contributed by atoms with Crippen LogP contribution in [0.2, 0.25) is 0 Å². The topological polar surface area (TPSA) is 64.3 Å². The molecule has 0 saturated heterocycles. The molecule has 0 radical (unpaired) electrons. The van der Waals surface area contributed by atoms with E-state index in [-0.39, 0.29) is 17.7 Å². The van der Waals surface area contributed by atoms with Gasteiger partial charge < -0.3 is 15.8 Å². The summed E-state index contributed by atoms with van der Waals surface area (Å²) in [5.74, 6) is 0.651. The van der Waals surface area contributed by atoms with Crippen molar-refractivity contribution in [2.24, 2.45) is 11.7 Å². The summed E-state index contributed by atoms with van der Waals surface area (Å²) in [6, 6.07) is 0.259. The number of nitrogens with two attached hydrogens (primary N) is 1. The van der Waals surface area contributed by atoms with Crippen LogP contribution >= 0.6 is 0 Å². The lowest BCUT2D eigenvalue weighted by atomic mass is 9.64. The number of carbonyl (C=O) groups excluding carboxylic acids is 1. The average molecular weight is 268 g/mol. The van der Waals surface area contributed by atoms with Crippen LogP contribution in [-0.4, -0.2) is 23.3 Å². The average Bonchev–Trinajstić information content (AvgIpc) is 2.24. The molecule has 0 aromatic carbocycles. The maximum Gasteiger partial charge on any atom is 0.407 e. The van der Waals surface area contributed by atoms with Crippen LogP contribution in [0.4, 0.5) is 4.79 Å². The molecular formula is C15H28N2O2. The first-order chi connectivity index (χ1) is 8.78. The highest BCUT2D eigenvalue weighted by Gasteiger charge is 2.41. The van der Waals surface area contributed by atoms with Crippen LogP contribution in [0.15, 0.2) is 0 Å². The van der Waals surface area contributed by atoms with Crippen molar-refractivity contribution < 1.29 is 9.53 Å². The molecule has 2 aliphatic rings. The van der Waals surface area contributed by atoms with E-state index in [2.05, 4.69) is 5.32 Å². The van der Waals surface area contributed by atoms with Gasteiger partial charge in [0.15, 0.2) is 0 Å². The molecule has 0 aromatic heterocycles. The number of rotatable bonds is 2. The Morgan fingerprint density at radius 2 is 1.79 bits per heavy atom. The van der Waals surface area contributed by atoms with E-state index in [1.165, 1.54) is 19.3 Å². The van der Waals surface area contributed by atoms with Crippen molar-refractivity contribution in [1.82, 2.24) is 5.32 Å². The molecule has 3 N–H and O–H groups in total. The molecule has 4 nitrogen and oxygen atoms in total. The van der Waals surface area contributed by atoms with Gasteiger partial charge in [0.2, 0.25) is 0 Å². The third kappa shape index (κ3) is 3.85. The molecular weight excluding hydrogens is 240 g/mol. The minimum Gasteiger partial charge on any atom is -0.444 e. The Morgan fingerprint density at radius 1 is 1.21 bits per heavy atom. The molecule has 1 amide bonds. The van der Waals surface area contributed by atoms with Gasteiger partial charge in [0, 0.05) is 11.6 Å². The highest BCUT2D eigenvalue weighted by atomic mass is 16.6. The van der Waals surface area contributed by atoms with Crippen LogP contribution < -0.4 is 11.1 Å². The summed E-state index contributed by atoms with van der Waals surface area (Å²) in [7, 11) is 0. The molecule has 0 bridgehead atoms. The molecule has 0 unspecified atom stereocenters. The minimum absolute atomic E-state index is 0.108. The van der Waals surface area contributed by atoms with Crippen molar-refractivity contribution >= 4 is 6.09 Å². The van der Waals surface area contributed by atoms with Crippen LogP contribution in [0.1, 0.15) is 65.7 Å². The van der Waals surface area contributed by atoms with E-state index >= 15 is 0 Å². The van der Waals surface area contributed by atoms with E-state index in [0.29, 0.717) is 5.92 Å². The van der Waals surface area contributed by atoms with Gasteiger partial charge in [0.25, 0.3) is 0 Å². The number of hydrogen-bond acceptors (Lipinski definition) is 3. The fraction of sp³-hybridized carbons (Fsp3) is 0.933. The molecule has 0 aliphatic heterocycles. The summed E-state index contributed by atoms with van der Waals surface area (Å²) in [6.45, 7) is 5.66. The normalized spacial score (nSPS) is 30.3. The molecule has 2 fully saturated rings. The lowest BCUT2D eigenvalue weighted by molar-refractivity contribution is 0.0465. The zero-order valence-electron chi connectivity index (χ0n) is 12.5. The number of alkyl carbamates (subject to hydrolysis) is 1. The Bertz CT molecular complexity index is 324. The number of ether oxygens (including phenoxy) is 1. The molecule has 2 rings (SSSR count). The fourth-order valence-corrected chi connectivity index (χ4v) is 3.28. The second-order valence-corrected chi connectivity index (χ2v) is 7.28. The second kappa shape index (κ2) is 5.31. The van der Waals surface area contributed by atoms with Crippen LogP contribution in [0.25, 0.3) is 0 Å². The molecule has 0 atom stereocenters. The Hall–Kier alpha value is -0.770. The first-order valence-electron chi connectivity index (χ1n) is 7.57. The molecule has 2 saturated carbocycles.